The summed E-state index contributed by atoms with van der Waals surface area (Å²) in [5, 5.41) is 0.617. The van der Waals surface area contributed by atoms with Crippen molar-refractivity contribution in [1.82, 2.24) is 0 Å². The summed E-state index contributed by atoms with van der Waals surface area (Å²) in [6.07, 6.45) is 0. The lowest BCUT2D eigenvalue weighted by Crippen LogP contribution is -2.12. The Bertz CT molecular complexity index is 756. The quantitative estimate of drug-likeness (QED) is 0.550. The topological polar surface area (TPSA) is 52.6 Å². The minimum absolute atomic E-state index is 0.189. The molecule has 0 heterocycles. The van der Waals surface area contributed by atoms with Crippen LogP contribution >= 0.6 is 23.2 Å². The lowest BCUT2D eigenvalue weighted by molar-refractivity contribution is 0.0457. The zero-order valence-corrected chi connectivity index (χ0v) is 14.7. The van der Waals surface area contributed by atoms with E-state index in [0.717, 1.165) is 0 Å². The van der Waals surface area contributed by atoms with E-state index in [2.05, 4.69) is 0 Å². The second-order valence-corrected chi connectivity index (χ2v) is 6.38. The van der Waals surface area contributed by atoms with E-state index in [1.807, 2.05) is 13.8 Å². The Morgan fingerprint density at radius 2 is 1.79 bits per heavy atom. The van der Waals surface area contributed by atoms with Crippen LogP contribution in [0.15, 0.2) is 42.5 Å². The second kappa shape index (κ2) is 8.18. The van der Waals surface area contributed by atoms with E-state index in [0.29, 0.717) is 17.2 Å². The van der Waals surface area contributed by atoms with Gasteiger partial charge in [-0.15, -0.1) is 0 Å². The van der Waals surface area contributed by atoms with Gasteiger partial charge in [0.05, 0.1) is 22.8 Å². The normalized spacial score (nSPS) is 10.5. The van der Waals surface area contributed by atoms with Gasteiger partial charge >= 0.3 is 11.9 Å². The van der Waals surface area contributed by atoms with E-state index in [1.54, 1.807) is 24.3 Å². The molecule has 0 amide bonds. The highest BCUT2D eigenvalue weighted by atomic mass is 35.5. The molecule has 0 bridgehead atoms. The Morgan fingerprint density at radius 3 is 2.46 bits per heavy atom. The van der Waals surface area contributed by atoms with Crippen molar-refractivity contribution in [3.8, 4) is 5.75 Å². The van der Waals surface area contributed by atoms with Crippen LogP contribution in [0.3, 0.4) is 0 Å². The van der Waals surface area contributed by atoms with E-state index in [-0.39, 0.29) is 22.3 Å². The molecule has 0 saturated carbocycles. The van der Waals surface area contributed by atoms with Crippen LogP contribution < -0.4 is 4.74 Å². The highest BCUT2D eigenvalue weighted by molar-refractivity contribution is 6.36. The second-order valence-electron chi connectivity index (χ2n) is 5.53. The van der Waals surface area contributed by atoms with Gasteiger partial charge in [-0.25, -0.2) is 9.59 Å². The molecular formula is C18H16Cl2O4. The monoisotopic (exact) mass is 366 g/mol. The van der Waals surface area contributed by atoms with Crippen LogP contribution in [0.1, 0.15) is 34.6 Å². The van der Waals surface area contributed by atoms with Crippen molar-refractivity contribution in [3.63, 3.8) is 0 Å². The molecule has 0 atom stereocenters. The van der Waals surface area contributed by atoms with E-state index in [9.17, 15) is 9.59 Å². The fraction of sp³-hybridized carbons (Fsp3) is 0.222. The third-order valence-corrected chi connectivity index (χ3v) is 3.53. The molecule has 126 valence electrons. The Labute approximate surface area is 150 Å². The molecule has 0 aliphatic heterocycles. The number of esters is 2. The van der Waals surface area contributed by atoms with Gasteiger partial charge in [-0.2, -0.15) is 0 Å². The standard InChI is InChI=1S/C18H16Cl2O4/c1-11(2)10-23-17(21)12-4-3-5-14(8-12)24-18(22)15-7-6-13(19)9-16(15)20/h3-9,11H,10H2,1-2H3. The van der Waals surface area contributed by atoms with Crippen LogP contribution in [0, 0.1) is 5.92 Å². The summed E-state index contributed by atoms with van der Waals surface area (Å²) < 4.78 is 10.4. The summed E-state index contributed by atoms with van der Waals surface area (Å²) >= 11 is 11.8. The number of rotatable bonds is 5. The van der Waals surface area contributed by atoms with Crippen molar-refractivity contribution < 1.29 is 19.1 Å². The predicted octanol–water partition coefficient (Wildman–Crippen LogP) is 5.03. The molecular weight excluding hydrogens is 351 g/mol. The van der Waals surface area contributed by atoms with Crippen LogP contribution in [-0.2, 0) is 4.74 Å². The first kappa shape index (κ1) is 18.3. The third kappa shape index (κ3) is 4.98. The molecule has 0 N–H and O–H groups in total. The molecule has 2 aromatic rings. The summed E-state index contributed by atoms with van der Waals surface area (Å²) in [5.41, 5.74) is 0.497. The SMILES string of the molecule is CC(C)COC(=O)c1cccc(OC(=O)c2ccc(Cl)cc2Cl)c1. The van der Waals surface area contributed by atoms with Crippen LogP contribution in [0.5, 0.6) is 5.75 Å². The van der Waals surface area contributed by atoms with Crippen LogP contribution in [0.2, 0.25) is 10.0 Å². The molecule has 0 fully saturated rings. The van der Waals surface area contributed by atoms with Gasteiger partial charge in [0, 0.05) is 5.02 Å². The van der Waals surface area contributed by atoms with Crippen LogP contribution in [0.25, 0.3) is 0 Å². The maximum atomic E-state index is 12.2. The van der Waals surface area contributed by atoms with Gasteiger partial charge in [0.1, 0.15) is 5.75 Å². The zero-order chi connectivity index (χ0) is 17.7. The maximum Gasteiger partial charge on any atom is 0.345 e. The predicted molar refractivity (Wildman–Crippen MR) is 93.0 cm³/mol. The van der Waals surface area contributed by atoms with Crippen molar-refractivity contribution in [2.24, 2.45) is 5.92 Å². The van der Waals surface area contributed by atoms with Crippen LogP contribution in [0.4, 0.5) is 0 Å². The fourth-order valence-electron chi connectivity index (χ4n) is 1.83. The van der Waals surface area contributed by atoms with Gasteiger partial charge < -0.3 is 9.47 Å². The summed E-state index contributed by atoms with van der Waals surface area (Å²) in [4.78, 5) is 24.1. The molecule has 0 aliphatic rings. The molecule has 2 aromatic carbocycles. The molecule has 0 spiro atoms. The van der Waals surface area contributed by atoms with Gasteiger partial charge in [0.25, 0.3) is 0 Å². The van der Waals surface area contributed by atoms with Crippen molar-refractivity contribution in [2.75, 3.05) is 6.61 Å². The van der Waals surface area contributed by atoms with Gasteiger partial charge in [0.15, 0.2) is 0 Å². The molecule has 4 nitrogen and oxygen atoms in total. The number of ether oxygens (including phenoxy) is 2. The van der Waals surface area contributed by atoms with E-state index < -0.39 is 11.9 Å². The average Bonchev–Trinajstić information content (AvgIpc) is 2.52. The van der Waals surface area contributed by atoms with Gasteiger partial charge in [-0.1, -0.05) is 43.1 Å². The smallest absolute Gasteiger partial charge is 0.345 e. The number of hydrogen-bond acceptors (Lipinski definition) is 4. The lowest BCUT2D eigenvalue weighted by atomic mass is 10.2. The number of carbonyl (C=O) groups is 2. The fourth-order valence-corrected chi connectivity index (χ4v) is 2.31. The molecule has 0 aromatic heterocycles. The largest absolute Gasteiger partial charge is 0.462 e. The molecule has 6 heteroatoms. The zero-order valence-electron chi connectivity index (χ0n) is 13.2. The van der Waals surface area contributed by atoms with E-state index >= 15 is 0 Å². The highest BCUT2D eigenvalue weighted by Crippen LogP contribution is 2.23. The number of benzene rings is 2. The van der Waals surface area contributed by atoms with Crippen LogP contribution in [-0.4, -0.2) is 18.5 Å². The van der Waals surface area contributed by atoms with Crippen molar-refractivity contribution in [3.05, 3.63) is 63.6 Å². The summed E-state index contributed by atoms with van der Waals surface area (Å²) in [6.45, 7) is 4.21. The van der Waals surface area contributed by atoms with Gasteiger partial charge in [-0.05, 0) is 42.3 Å². The van der Waals surface area contributed by atoms with E-state index in [1.165, 1.54) is 18.2 Å². The average molecular weight is 367 g/mol. The Kier molecular flexibility index (Phi) is 6.23. The highest BCUT2D eigenvalue weighted by Gasteiger charge is 2.15. The minimum atomic E-state index is -0.635. The van der Waals surface area contributed by atoms with Crippen molar-refractivity contribution in [2.45, 2.75) is 13.8 Å². The molecule has 0 saturated heterocycles. The third-order valence-electron chi connectivity index (χ3n) is 2.98. The number of carbonyl (C=O) groups excluding carboxylic acids is 2. The van der Waals surface area contributed by atoms with E-state index in [4.69, 9.17) is 32.7 Å². The first-order valence-corrected chi connectivity index (χ1v) is 8.07. The summed E-state index contributed by atoms with van der Waals surface area (Å²) in [5.74, 6) is -0.637. The first-order valence-electron chi connectivity index (χ1n) is 7.31. The van der Waals surface area contributed by atoms with Gasteiger partial charge in [-0.3, -0.25) is 0 Å². The van der Waals surface area contributed by atoms with Gasteiger partial charge in [0.2, 0.25) is 0 Å². The first-order chi connectivity index (χ1) is 11.4. The molecule has 0 unspecified atom stereocenters. The Morgan fingerprint density at radius 1 is 1.04 bits per heavy atom. The number of hydrogen-bond donors (Lipinski definition) is 0. The number of halogens is 2. The lowest BCUT2D eigenvalue weighted by Gasteiger charge is -2.09. The minimum Gasteiger partial charge on any atom is -0.462 e. The maximum absolute atomic E-state index is 12.2. The molecule has 0 radical (unpaired) electrons. The molecule has 24 heavy (non-hydrogen) atoms. The molecule has 2 rings (SSSR count). The summed E-state index contributed by atoms with van der Waals surface area (Å²) in [6, 6.07) is 10.7. The Balaban J connectivity index is 2.11. The van der Waals surface area contributed by atoms with Crippen molar-refractivity contribution in [1.29, 1.82) is 0 Å². The van der Waals surface area contributed by atoms with Crippen molar-refractivity contribution >= 4 is 35.1 Å². The molecule has 0 aliphatic carbocycles. The summed E-state index contributed by atoms with van der Waals surface area (Å²) in [7, 11) is 0. The Hall–Kier alpha value is -2.04.